The van der Waals surface area contributed by atoms with E-state index in [0.29, 0.717) is 6.04 Å². The molecular weight excluding hydrogens is 226 g/mol. The van der Waals surface area contributed by atoms with Gasteiger partial charge in [-0.1, -0.05) is 13.3 Å². The SMILES string of the molecule is CCC1CCCN(CC(C)(NC2CC2)C(N)=O)C1. The number of nitrogens with two attached hydrogens (primary N) is 1. The quantitative estimate of drug-likeness (QED) is 0.745. The molecule has 1 amide bonds. The summed E-state index contributed by atoms with van der Waals surface area (Å²) >= 11 is 0. The fourth-order valence-corrected chi connectivity index (χ4v) is 2.95. The minimum atomic E-state index is -0.559. The molecule has 2 aliphatic rings. The van der Waals surface area contributed by atoms with Crippen LogP contribution in [0.2, 0.25) is 0 Å². The number of amides is 1. The molecule has 0 radical (unpaired) electrons. The molecule has 0 spiro atoms. The van der Waals surface area contributed by atoms with Crippen LogP contribution < -0.4 is 11.1 Å². The third-order valence-electron chi connectivity index (χ3n) is 4.36. The minimum Gasteiger partial charge on any atom is -0.368 e. The topological polar surface area (TPSA) is 58.4 Å². The van der Waals surface area contributed by atoms with E-state index in [1.54, 1.807) is 0 Å². The smallest absolute Gasteiger partial charge is 0.238 e. The summed E-state index contributed by atoms with van der Waals surface area (Å²) in [6.07, 6.45) is 6.17. The molecule has 2 rings (SSSR count). The average Bonchev–Trinajstić information content (AvgIpc) is 3.12. The highest BCUT2D eigenvalue weighted by Crippen LogP contribution is 2.25. The normalized spacial score (nSPS) is 28.9. The summed E-state index contributed by atoms with van der Waals surface area (Å²) in [5.74, 6) is 0.574. The van der Waals surface area contributed by atoms with Crippen molar-refractivity contribution in [1.29, 1.82) is 0 Å². The molecule has 4 nitrogen and oxygen atoms in total. The molecule has 1 aliphatic carbocycles. The Morgan fingerprint density at radius 1 is 1.44 bits per heavy atom. The van der Waals surface area contributed by atoms with E-state index >= 15 is 0 Å². The van der Waals surface area contributed by atoms with E-state index in [4.69, 9.17) is 5.73 Å². The van der Waals surface area contributed by atoms with Crippen LogP contribution in [0.4, 0.5) is 0 Å². The summed E-state index contributed by atoms with van der Waals surface area (Å²) in [5.41, 5.74) is 5.04. The Morgan fingerprint density at radius 3 is 2.72 bits per heavy atom. The first-order valence-corrected chi connectivity index (χ1v) is 7.33. The zero-order valence-electron chi connectivity index (χ0n) is 11.7. The maximum absolute atomic E-state index is 11.7. The van der Waals surface area contributed by atoms with Crippen molar-refractivity contribution in [2.24, 2.45) is 11.7 Å². The fraction of sp³-hybridized carbons (Fsp3) is 0.929. The molecule has 2 unspecified atom stereocenters. The number of nitrogens with one attached hydrogen (secondary N) is 1. The van der Waals surface area contributed by atoms with E-state index in [0.717, 1.165) is 25.6 Å². The van der Waals surface area contributed by atoms with Crippen molar-refractivity contribution < 1.29 is 4.79 Å². The molecule has 0 bridgehead atoms. The maximum atomic E-state index is 11.7. The predicted molar refractivity (Wildman–Crippen MR) is 73.2 cm³/mol. The van der Waals surface area contributed by atoms with Gasteiger partial charge in [-0.25, -0.2) is 0 Å². The van der Waals surface area contributed by atoms with E-state index in [1.807, 2.05) is 6.92 Å². The molecule has 1 heterocycles. The lowest BCUT2D eigenvalue weighted by Gasteiger charge is -2.38. The Hall–Kier alpha value is -0.610. The summed E-state index contributed by atoms with van der Waals surface area (Å²) in [5, 5.41) is 3.43. The maximum Gasteiger partial charge on any atom is 0.238 e. The van der Waals surface area contributed by atoms with Crippen LogP contribution in [0.25, 0.3) is 0 Å². The second-order valence-electron chi connectivity index (χ2n) is 6.27. The Morgan fingerprint density at radius 2 is 2.17 bits per heavy atom. The van der Waals surface area contributed by atoms with Crippen LogP contribution in [0.15, 0.2) is 0 Å². The number of carbonyl (C=O) groups is 1. The third-order valence-corrected chi connectivity index (χ3v) is 4.36. The van der Waals surface area contributed by atoms with E-state index in [1.165, 1.54) is 32.1 Å². The molecule has 0 aromatic heterocycles. The van der Waals surface area contributed by atoms with E-state index in [2.05, 4.69) is 17.1 Å². The molecule has 0 aromatic rings. The fourth-order valence-electron chi connectivity index (χ4n) is 2.95. The number of carbonyl (C=O) groups excluding carboxylic acids is 1. The van der Waals surface area contributed by atoms with Crippen molar-refractivity contribution in [3.05, 3.63) is 0 Å². The second-order valence-corrected chi connectivity index (χ2v) is 6.27. The molecular formula is C14H27N3O. The Labute approximate surface area is 110 Å². The van der Waals surface area contributed by atoms with Gasteiger partial charge in [0.05, 0.1) is 0 Å². The van der Waals surface area contributed by atoms with E-state index < -0.39 is 5.54 Å². The lowest BCUT2D eigenvalue weighted by atomic mass is 9.93. The summed E-state index contributed by atoms with van der Waals surface area (Å²) in [6, 6.07) is 0.509. The largest absolute Gasteiger partial charge is 0.368 e. The van der Waals surface area contributed by atoms with Crippen molar-refractivity contribution in [3.8, 4) is 0 Å². The number of hydrogen-bond acceptors (Lipinski definition) is 3. The molecule has 3 N–H and O–H groups in total. The van der Waals surface area contributed by atoms with Crippen molar-refractivity contribution >= 4 is 5.91 Å². The number of rotatable bonds is 6. The van der Waals surface area contributed by atoms with Crippen LogP contribution in [0.5, 0.6) is 0 Å². The molecule has 2 atom stereocenters. The first kappa shape index (κ1) is 13.8. The van der Waals surface area contributed by atoms with Gasteiger partial charge in [0.1, 0.15) is 5.54 Å². The standard InChI is InChI=1S/C14H27N3O/c1-3-11-5-4-8-17(9-11)10-14(2,13(15)18)16-12-6-7-12/h11-12,16H,3-10H2,1-2H3,(H2,15,18). The Kier molecular flexibility index (Phi) is 4.28. The van der Waals surface area contributed by atoms with Gasteiger partial charge in [0.15, 0.2) is 0 Å². The average molecular weight is 253 g/mol. The van der Waals surface area contributed by atoms with E-state index in [-0.39, 0.29) is 5.91 Å². The molecule has 1 saturated carbocycles. The van der Waals surface area contributed by atoms with Gasteiger partial charge in [0.2, 0.25) is 5.91 Å². The highest BCUT2D eigenvalue weighted by atomic mass is 16.1. The third kappa shape index (κ3) is 3.45. The van der Waals surface area contributed by atoms with Gasteiger partial charge in [-0.3, -0.25) is 10.1 Å². The Balaban J connectivity index is 1.92. The summed E-state index contributed by atoms with van der Waals surface area (Å²) in [4.78, 5) is 14.2. The Bertz CT molecular complexity index is 303. The van der Waals surface area contributed by atoms with Gasteiger partial charge >= 0.3 is 0 Å². The molecule has 18 heavy (non-hydrogen) atoms. The number of nitrogens with zero attached hydrogens (tertiary/aromatic N) is 1. The van der Waals surface area contributed by atoms with Crippen LogP contribution in [0, 0.1) is 5.92 Å². The van der Waals surface area contributed by atoms with Gasteiger partial charge in [-0.15, -0.1) is 0 Å². The molecule has 4 heteroatoms. The highest BCUT2D eigenvalue weighted by Gasteiger charge is 2.39. The summed E-state index contributed by atoms with van der Waals surface area (Å²) in [7, 11) is 0. The zero-order valence-corrected chi connectivity index (χ0v) is 11.7. The number of hydrogen-bond donors (Lipinski definition) is 2. The highest BCUT2D eigenvalue weighted by molar-refractivity contribution is 5.84. The van der Waals surface area contributed by atoms with Crippen LogP contribution >= 0.6 is 0 Å². The molecule has 104 valence electrons. The molecule has 1 aliphatic heterocycles. The van der Waals surface area contributed by atoms with E-state index in [9.17, 15) is 4.79 Å². The summed E-state index contributed by atoms with van der Waals surface area (Å²) < 4.78 is 0. The van der Waals surface area contributed by atoms with Crippen LogP contribution in [0.3, 0.4) is 0 Å². The minimum absolute atomic E-state index is 0.215. The monoisotopic (exact) mass is 253 g/mol. The number of primary amides is 1. The van der Waals surface area contributed by atoms with Crippen molar-refractivity contribution in [2.75, 3.05) is 19.6 Å². The van der Waals surface area contributed by atoms with Crippen molar-refractivity contribution in [3.63, 3.8) is 0 Å². The summed E-state index contributed by atoms with van der Waals surface area (Å²) in [6.45, 7) is 7.19. The number of likely N-dealkylation sites (tertiary alicyclic amines) is 1. The van der Waals surface area contributed by atoms with Gasteiger partial charge in [-0.2, -0.15) is 0 Å². The second kappa shape index (κ2) is 5.57. The van der Waals surface area contributed by atoms with Crippen LogP contribution in [-0.4, -0.2) is 42.0 Å². The van der Waals surface area contributed by atoms with Gasteiger partial charge in [-0.05, 0) is 45.1 Å². The predicted octanol–water partition coefficient (Wildman–Crippen LogP) is 1.10. The number of piperidine rings is 1. The van der Waals surface area contributed by atoms with Gasteiger partial charge in [0.25, 0.3) is 0 Å². The lowest BCUT2D eigenvalue weighted by molar-refractivity contribution is -0.124. The van der Waals surface area contributed by atoms with Crippen LogP contribution in [0.1, 0.15) is 46.0 Å². The zero-order chi connectivity index (χ0) is 13.2. The first-order chi connectivity index (χ1) is 8.53. The lowest BCUT2D eigenvalue weighted by Crippen LogP contribution is -2.61. The van der Waals surface area contributed by atoms with Crippen molar-refractivity contribution in [2.45, 2.75) is 57.5 Å². The molecule has 1 saturated heterocycles. The van der Waals surface area contributed by atoms with Gasteiger partial charge in [0, 0.05) is 19.1 Å². The van der Waals surface area contributed by atoms with Crippen LogP contribution in [-0.2, 0) is 4.79 Å². The molecule has 2 fully saturated rings. The first-order valence-electron chi connectivity index (χ1n) is 7.33. The molecule has 0 aromatic carbocycles. The van der Waals surface area contributed by atoms with Gasteiger partial charge < -0.3 is 10.6 Å². The van der Waals surface area contributed by atoms with Crippen molar-refractivity contribution in [1.82, 2.24) is 10.2 Å².